The maximum absolute atomic E-state index is 11.5. The van der Waals surface area contributed by atoms with Gasteiger partial charge in [-0.1, -0.05) is 42.5 Å². The predicted molar refractivity (Wildman–Crippen MR) is 84.6 cm³/mol. The molecule has 1 N–H and O–H groups in total. The van der Waals surface area contributed by atoms with Crippen LogP contribution >= 0.6 is 11.3 Å². The van der Waals surface area contributed by atoms with Gasteiger partial charge in [0.25, 0.3) is 0 Å². The second kappa shape index (κ2) is 6.06. The molecule has 0 fully saturated rings. The van der Waals surface area contributed by atoms with Crippen LogP contribution in [0.15, 0.2) is 54.6 Å². The topological polar surface area (TPSA) is 50.2 Å². The van der Waals surface area contributed by atoms with E-state index in [1.807, 2.05) is 54.6 Å². The summed E-state index contributed by atoms with van der Waals surface area (Å²) in [6, 6.07) is 17.6. The number of thiazole rings is 1. The van der Waals surface area contributed by atoms with Gasteiger partial charge in [0.15, 0.2) is 0 Å². The van der Waals surface area contributed by atoms with Gasteiger partial charge in [0.1, 0.15) is 0 Å². The highest BCUT2D eigenvalue weighted by molar-refractivity contribution is 7.18. The van der Waals surface area contributed by atoms with Crippen molar-refractivity contribution in [2.75, 3.05) is 0 Å². The van der Waals surface area contributed by atoms with Crippen LogP contribution < -0.4 is 0 Å². The summed E-state index contributed by atoms with van der Waals surface area (Å²) in [4.78, 5) is 16.0. The highest BCUT2D eigenvalue weighted by Gasteiger charge is 2.20. The fourth-order valence-corrected chi connectivity index (χ4v) is 3.41. The Hall–Kier alpha value is -2.20. The van der Waals surface area contributed by atoms with E-state index in [1.54, 1.807) is 11.3 Å². The first kappa shape index (κ1) is 13.8. The summed E-state index contributed by atoms with van der Waals surface area (Å²) in [6.07, 6.45) is 1.01. The van der Waals surface area contributed by atoms with Crippen LogP contribution in [0.1, 0.15) is 10.6 Å². The molecule has 3 nitrogen and oxygen atoms in total. The molecule has 0 aliphatic heterocycles. The van der Waals surface area contributed by atoms with E-state index in [2.05, 4.69) is 4.98 Å². The first-order valence-corrected chi connectivity index (χ1v) is 7.65. The number of para-hydroxylation sites is 1. The number of rotatable bonds is 5. The highest BCUT2D eigenvalue weighted by atomic mass is 32.1. The lowest BCUT2D eigenvalue weighted by atomic mass is 9.96. The molecule has 106 valence electrons. The molecule has 1 unspecified atom stereocenters. The number of aromatic nitrogens is 1. The molecule has 1 aromatic heterocycles. The van der Waals surface area contributed by atoms with E-state index in [4.69, 9.17) is 0 Å². The van der Waals surface area contributed by atoms with Gasteiger partial charge < -0.3 is 5.11 Å². The number of hydrogen-bond donors (Lipinski definition) is 1. The third kappa shape index (κ3) is 3.28. The molecule has 0 saturated heterocycles. The molecule has 1 heterocycles. The van der Waals surface area contributed by atoms with Crippen molar-refractivity contribution < 1.29 is 9.90 Å². The summed E-state index contributed by atoms with van der Waals surface area (Å²) in [5.41, 5.74) is 1.99. The van der Waals surface area contributed by atoms with Crippen molar-refractivity contribution in [2.24, 2.45) is 5.92 Å². The summed E-state index contributed by atoms with van der Waals surface area (Å²) in [6.45, 7) is 0. The van der Waals surface area contributed by atoms with Gasteiger partial charge in [0, 0.05) is 6.42 Å². The van der Waals surface area contributed by atoms with Crippen LogP contribution in [0.2, 0.25) is 0 Å². The number of carboxylic acids is 1. The molecule has 1 atom stereocenters. The molecule has 0 aliphatic rings. The first-order chi connectivity index (χ1) is 10.2. The van der Waals surface area contributed by atoms with Gasteiger partial charge in [0.2, 0.25) is 0 Å². The van der Waals surface area contributed by atoms with E-state index in [-0.39, 0.29) is 0 Å². The van der Waals surface area contributed by atoms with E-state index < -0.39 is 11.9 Å². The van der Waals surface area contributed by atoms with Gasteiger partial charge in [-0.3, -0.25) is 4.79 Å². The molecule has 4 heteroatoms. The van der Waals surface area contributed by atoms with E-state index >= 15 is 0 Å². The minimum absolute atomic E-state index is 0.437. The van der Waals surface area contributed by atoms with Crippen molar-refractivity contribution >= 4 is 27.5 Å². The van der Waals surface area contributed by atoms with Crippen LogP contribution in [0, 0.1) is 5.92 Å². The zero-order valence-electron chi connectivity index (χ0n) is 11.4. The lowest BCUT2D eigenvalue weighted by Gasteiger charge is -2.10. The average Bonchev–Trinajstić information content (AvgIpc) is 2.90. The molecular weight excluding hydrogens is 282 g/mol. The molecule has 0 saturated carbocycles. The van der Waals surface area contributed by atoms with Crippen molar-refractivity contribution in [1.29, 1.82) is 0 Å². The Bertz CT molecular complexity index is 719. The summed E-state index contributed by atoms with van der Waals surface area (Å²) in [5, 5.41) is 10.3. The van der Waals surface area contributed by atoms with Gasteiger partial charge in [-0.25, -0.2) is 4.98 Å². The van der Waals surface area contributed by atoms with Crippen LogP contribution in [0.5, 0.6) is 0 Å². The molecular formula is C17H15NO2S. The zero-order chi connectivity index (χ0) is 14.7. The summed E-state index contributed by atoms with van der Waals surface area (Å²) in [5.74, 6) is -1.20. The maximum Gasteiger partial charge on any atom is 0.307 e. The number of benzene rings is 2. The van der Waals surface area contributed by atoms with Crippen LogP contribution in [0.3, 0.4) is 0 Å². The van der Waals surface area contributed by atoms with Crippen LogP contribution in [0.4, 0.5) is 0 Å². The summed E-state index contributed by atoms with van der Waals surface area (Å²) >= 11 is 1.58. The Morgan fingerprint density at radius 1 is 1.05 bits per heavy atom. The second-order valence-electron chi connectivity index (χ2n) is 5.00. The van der Waals surface area contributed by atoms with Crippen molar-refractivity contribution in [1.82, 2.24) is 4.98 Å². The van der Waals surface area contributed by atoms with E-state index in [9.17, 15) is 9.90 Å². The zero-order valence-corrected chi connectivity index (χ0v) is 12.2. The molecule has 0 spiro atoms. The molecule has 0 bridgehead atoms. The number of aliphatic carboxylic acids is 1. The fraction of sp³-hybridized carbons (Fsp3) is 0.176. The Morgan fingerprint density at radius 3 is 2.48 bits per heavy atom. The molecule has 21 heavy (non-hydrogen) atoms. The minimum atomic E-state index is -0.766. The van der Waals surface area contributed by atoms with Gasteiger partial charge in [0.05, 0.1) is 21.1 Å². The third-order valence-electron chi connectivity index (χ3n) is 3.43. The SMILES string of the molecule is O=C(O)C(Cc1ccccc1)Cc1nc2ccccc2s1. The average molecular weight is 297 g/mol. The maximum atomic E-state index is 11.5. The highest BCUT2D eigenvalue weighted by Crippen LogP contribution is 2.24. The smallest absolute Gasteiger partial charge is 0.307 e. The summed E-state index contributed by atoms with van der Waals surface area (Å²) in [7, 11) is 0. The lowest BCUT2D eigenvalue weighted by molar-refractivity contribution is -0.141. The van der Waals surface area contributed by atoms with Crippen molar-refractivity contribution in [2.45, 2.75) is 12.8 Å². The molecule has 0 aliphatic carbocycles. The number of hydrogen-bond acceptors (Lipinski definition) is 3. The van der Waals surface area contributed by atoms with Crippen molar-refractivity contribution in [3.8, 4) is 0 Å². The van der Waals surface area contributed by atoms with Gasteiger partial charge in [-0.15, -0.1) is 11.3 Å². The molecule has 0 amide bonds. The minimum Gasteiger partial charge on any atom is -0.481 e. The third-order valence-corrected chi connectivity index (χ3v) is 4.49. The number of carboxylic acid groups (broad SMARTS) is 1. The van der Waals surface area contributed by atoms with E-state index in [0.29, 0.717) is 12.8 Å². The lowest BCUT2D eigenvalue weighted by Crippen LogP contribution is -2.19. The van der Waals surface area contributed by atoms with Gasteiger partial charge in [-0.2, -0.15) is 0 Å². The number of fused-ring (bicyclic) bond motifs is 1. The largest absolute Gasteiger partial charge is 0.481 e. The van der Waals surface area contributed by atoms with E-state index in [0.717, 1.165) is 20.8 Å². The predicted octanol–water partition coefficient (Wildman–Crippen LogP) is 3.78. The normalized spacial score (nSPS) is 12.4. The molecule has 3 aromatic rings. The number of nitrogens with zero attached hydrogens (tertiary/aromatic N) is 1. The fourth-order valence-electron chi connectivity index (χ4n) is 2.36. The van der Waals surface area contributed by atoms with Gasteiger partial charge >= 0.3 is 5.97 Å². The molecule has 3 rings (SSSR count). The van der Waals surface area contributed by atoms with E-state index in [1.165, 1.54) is 0 Å². The van der Waals surface area contributed by atoms with Crippen molar-refractivity contribution in [3.63, 3.8) is 0 Å². The second-order valence-corrected chi connectivity index (χ2v) is 6.12. The van der Waals surface area contributed by atoms with Crippen LogP contribution in [-0.4, -0.2) is 16.1 Å². The Kier molecular flexibility index (Phi) is 3.97. The first-order valence-electron chi connectivity index (χ1n) is 6.83. The van der Waals surface area contributed by atoms with Crippen LogP contribution in [-0.2, 0) is 17.6 Å². The Labute approximate surface area is 126 Å². The standard InChI is InChI=1S/C17H15NO2S/c19-17(20)13(10-12-6-2-1-3-7-12)11-16-18-14-8-4-5-9-15(14)21-16/h1-9,13H,10-11H2,(H,19,20). The Morgan fingerprint density at radius 2 is 1.76 bits per heavy atom. The summed E-state index contributed by atoms with van der Waals surface area (Å²) < 4.78 is 1.11. The quantitative estimate of drug-likeness (QED) is 0.779. The number of carbonyl (C=O) groups is 1. The molecule has 2 aromatic carbocycles. The molecule has 0 radical (unpaired) electrons. The van der Waals surface area contributed by atoms with Gasteiger partial charge in [-0.05, 0) is 24.1 Å². The van der Waals surface area contributed by atoms with Crippen molar-refractivity contribution in [3.05, 3.63) is 65.2 Å². The monoisotopic (exact) mass is 297 g/mol. The Balaban J connectivity index is 1.80. The van der Waals surface area contributed by atoms with Crippen LogP contribution in [0.25, 0.3) is 10.2 Å².